The second kappa shape index (κ2) is 6.68. The van der Waals surface area contributed by atoms with Gasteiger partial charge < -0.3 is 10.2 Å². The molecule has 4 heterocycles. The van der Waals surface area contributed by atoms with Crippen LogP contribution in [-0.2, 0) is 4.79 Å². The summed E-state index contributed by atoms with van der Waals surface area (Å²) in [7, 11) is 0. The van der Waals surface area contributed by atoms with Crippen molar-refractivity contribution in [3.8, 4) is 0 Å². The molecule has 6 nitrogen and oxygen atoms in total. The minimum atomic E-state index is 0.0692. The zero-order valence-electron chi connectivity index (χ0n) is 15.6. The molecular weight excluding hydrogens is 326 g/mol. The predicted octanol–water partition coefficient (Wildman–Crippen LogP) is 2.30. The van der Waals surface area contributed by atoms with Crippen LogP contribution in [0, 0.1) is 20.8 Å². The summed E-state index contributed by atoms with van der Waals surface area (Å²) >= 11 is 0. The lowest BCUT2D eigenvalue weighted by atomic mass is 9.87. The maximum absolute atomic E-state index is 12.5. The predicted molar refractivity (Wildman–Crippen MR) is 102 cm³/mol. The molecule has 3 aliphatic rings. The van der Waals surface area contributed by atoms with E-state index in [0.717, 1.165) is 42.4 Å². The summed E-state index contributed by atoms with van der Waals surface area (Å²) in [6.45, 7) is 8.32. The number of aryl methyl sites for hydroxylation is 2. The van der Waals surface area contributed by atoms with E-state index in [4.69, 9.17) is 0 Å². The summed E-state index contributed by atoms with van der Waals surface area (Å²) in [4.78, 5) is 25.9. The third-order valence-corrected chi connectivity index (χ3v) is 5.63. The van der Waals surface area contributed by atoms with Gasteiger partial charge in [-0.05, 0) is 50.5 Å². The van der Waals surface area contributed by atoms with Crippen molar-refractivity contribution in [1.29, 1.82) is 0 Å². The molecule has 0 aliphatic carbocycles. The Morgan fingerprint density at radius 2 is 1.96 bits per heavy atom. The monoisotopic (exact) mass is 351 g/mol. The number of rotatable bonds is 4. The summed E-state index contributed by atoms with van der Waals surface area (Å²) < 4.78 is 0. The number of piperazine rings is 1. The molecular formula is C20H25N5O. The van der Waals surface area contributed by atoms with Crippen LogP contribution in [0.3, 0.4) is 0 Å². The minimum Gasteiger partial charge on any atom is -0.353 e. The van der Waals surface area contributed by atoms with Crippen molar-refractivity contribution in [2.45, 2.75) is 39.3 Å². The fourth-order valence-electron chi connectivity index (χ4n) is 3.99. The quantitative estimate of drug-likeness (QED) is 0.916. The third kappa shape index (κ3) is 3.17. The smallest absolute Gasteiger partial charge is 0.238 e. The Labute approximate surface area is 154 Å². The Morgan fingerprint density at radius 1 is 1.19 bits per heavy atom. The Kier molecular flexibility index (Phi) is 4.36. The molecule has 2 unspecified atom stereocenters. The first-order valence-electron chi connectivity index (χ1n) is 9.17. The van der Waals surface area contributed by atoms with Crippen molar-refractivity contribution >= 4 is 17.4 Å². The van der Waals surface area contributed by atoms with Crippen molar-refractivity contribution < 1.29 is 4.79 Å². The van der Waals surface area contributed by atoms with Gasteiger partial charge in [0.25, 0.3) is 0 Å². The van der Waals surface area contributed by atoms with Gasteiger partial charge in [-0.15, -0.1) is 0 Å². The third-order valence-electron chi connectivity index (χ3n) is 5.63. The van der Waals surface area contributed by atoms with E-state index in [0.29, 0.717) is 18.6 Å². The molecule has 3 fully saturated rings. The van der Waals surface area contributed by atoms with E-state index in [1.165, 1.54) is 5.56 Å². The lowest BCUT2D eigenvalue weighted by Gasteiger charge is -2.56. The fraction of sp³-hybridized carbons (Fsp3) is 0.450. The van der Waals surface area contributed by atoms with Crippen molar-refractivity contribution in [2.75, 3.05) is 29.9 Å². The molecule has 0 saturated carbocycles. The number of hydrogen-bond acceptors (Lipinski definition) is 5. The highest BCUT2D eigenvalue weighted by Gasteiger charge is 2.45. The molecule has 1 amide bonds. The second-order valence-corrected chi connectivity index (χ2v) is 7.38. The number of anilines is 2. The maximum Gasteiger partial charge on any atom is 0.238 e. The number of carbonyl (C=O) groups is 1. The van der Waals surface area contributed by atoms with Gasteiger partial charge in [-0.2, -0.15) is 0 Å². The van der Waals surface area contributed by atoms with Crippen LogP contribution in [0.1, 0.15) is 23.4 Å². The lowest BCUT2D eigenvalue weighted by molar-refractivity contribution is -0.121. The van der Waals surface area contributed by atoms with E-state index in [1.807, 2.05) is 38.2 Å². The highest BCUT2D eigenvalue weighted by molar-refractivity contribution is 5.93. The number of benzene rings is 1. The Morgan fingerprint density at radius 3 is 2.69 bits per heavy atom. The van der Waals surface area contributed by atoms with Crippen LogP contribution in [0.5, 0.6) is 0 Å². The number of piperidine rings is 1. The van der Waals surface area contributed by atoms with Gasteiger partial charge in [0.05, 0.1) is 6.54 Å². The van der Waals surface area contributed by atoms with Gasteiger partial charge in [0.15, 0.2) is 0 Å². The van der Waals surface area contributed by atoms with Gasteiger partial charge in [0.2, 0.25) is 5.91 Å². The normalized spacial score (nSPS) is 22.0. The Balaban J connectivity index is 1.36. The van der Waals surface area contributed by atoms with E-state index in [9.17, 15) is 4.79 Å². The molecule has 136 valence electrons. The van der Waals surface area contributed by atoms with Crippen LogP contribution in [0.15, 0.2) is 30.5 Å². The van der Waals surface area contributed by atoms with Gasteiger partial charge in [-0.3, -0.25) is 9.69 Å². The van der Waals surface area contributed by atoms with E-state index >= 15 is 0 Å². The van der Waals surface area contributed by atoms with Gasteiger partial charge in [0, 0.05) is 37.1 Å². The molecule has 2 atom stereocenters. The molecule has 2 aromatic rings. The molecule has 1 aromatic heterocycles. The average Bonchev–Trinajstić information content (AvgIpc) is 2.63. The summed E-state index contributed by atoms with van der Waals surface area (Å²) in [5.41, 5.74) is 3.24. The molecule has 6 heteroatoms. The SMILES string of the molecule is Cc1nccc(N2CC3CC(C2)N3CC(=O)Nc2cccc(C)c2C)n1. The van der Waals surface area contributed by atoms with Gasteiger partial charge in [0.1, 0.15) is 11.6 Å². The van der Waals surface area contributed by atoms with Crippen molar-refractivity contribution in [2.24, 2.45) is 0 Å². The standard InChI is InChI=1S/C20H25N5O/c1-13-5-4-6-18(14(13)2)23-20(26)12-25-16-9-17(25)11-24(10-16)19-7-8-21-15(3)22-19/h4-8,16-17H,9-12H2,1-3H3,(H,23,26). The molecule has 3 saturated heterocycles. The molecule has 5 rings (SSSR count). The van der Waals surface area contributed by atoms with Crippen molar-refractivity contribution in [3.63, 3.8) is 0 Å². The largest absolute Gasteiger partial charge is 0.353 e. The van der Waals surface area contributed by atoms with Crippen LogP contribution in [-0.4, -0.2) is 52.5 Å². The van der Waals surface area contributed by atoms with Crippen molar-refractivity contribution in [3.05, 3.63) is 47.4 Å². The molecule has 26 heavy (non-hydrogen) atoms. The van der Waals surface area contributed by atoms with Crippen molar-refractivity contribution in [1.82, 2.24) is 14.9 Å². The van der Waals surface area contributed by atoms with Crippen LogP contribution in [0.2, 0.25) is 0 Å². The molecule has 1 N–H and O–H groups in total. The molecule has 3 aliphatic heterocycles. The highest BCUT2D eigenvalue weighted by Crippen LogP contribution is 2.33. The number of aromatic nitrogens is 2. The molecule has 2 bridgehead atoms. The summed E-state index contributed by atoms with van der Waals surface area (Å²) in [6.07, 6.45) is 2.98. The summed E-state index contributed by atoms with van der Waals surface area (Å²) in [5.74, 6) is 1.86. The number of hydrogen-bond donors (Lipinski definition) is 1. The number of nitrogens with zero attached hydrogens (tertiary/aromatic N) is 4. The number of nitrogens with one attached hydrogen (secondary N) is 1. The van der Waals surface area contributed by atoms with Gasteiger partial charge in [-0.25, -0.2) is 9.97 Å². The number of fused-ring (bicyclic) bond motifs is 2. The topological polar surface area (TPSA) is 61.4 Å². The van der Waals surface area contributed by atoms with E-state index in [2.05, 4.69) is 38.1 Å². The molecule has 0 spiro atoms. The maximum atomic E-state index is 12.5. The number of carbonyl (C=O) groups excluding carboxylic acids is 1. The van der Waals surface area contributed by atoms with Crippen LogP contribution >= 0.6 is 0 Å². The summed E-state index contributed by atoms with van der Waals surface area (Å²) in [6, 6.07) is 8.83. The first-order valence-corrected chi connectivity index (χ1v) is 9.17. The lowest BCUT2D eigenvalue weighted by Crippen LogP contribution is -2.69. The zero-order valence-corrected chi connectivity index (χ0v) is 15.6. The van der Waals surface area contributed by atoms with Crippen LogP contribution in [0.4, 0.5) is 11.5 Å². The summed E-state index contributed by atoms with van der Waals surface area (Å²) in [5, 5.41) is 3.07. The van der Waals surface area contributed by atoms with E-state index < -0.39 is 0 Å². The first kappa shape index (κ1) is 17.0. The highest BCUT2D eigenvalue weighted by atomic mass is 16.2. The Bertz CT molecular complexity index is 825. The second-order valence-electron chi connectivity index (χ2n) is 7.38. The van der Waals surface area contributed by atoms with Crippen LogP contribution < -0.4 is 10.2 Å². The minimum absolute atomic E-state index is 0.0692. The molecule has 1 aromatic carbocycles. The van der Waals surface area contributed by atoms with E-state index in [1.54, 1.807) is 0 Å². The first-order chi connectivity index (χ1) is 12.5. The Hall–Kier alpha value is -2.47. The van der Waals surface area contributed by atoms with E-state index in [-0.39, 0.29) is 5.91 Å². The molecule has 0 radical (unpaired) electrons. The van der Waals surface area contributed by atoms with Gasteiger partial charge in [-0.1, -0.05) is 12.1 Å². The zero-order chi connectivity index (χ0) is 18.3. The fourth-order valence-corrected chi connectivity index (χ4v) is 3.99. The number of amides is 1. The van der Waals surface area contributed by atoms with Crippen LogP contribution in [0.25, 0.3) is 0 Å². The van der Waals surface area contributed by atoms with Gasteiger partial charge >= 0.3 is 0 Å². The average molecular weight is 351 g/mol.